The fourth-order valence-electron chi connectivity index (χ4n) is 3.08. The average molecular weight is 334 g/mol. The zero-order valence-corrected chi connectivity index (χ0v) is 15.8. The van der Waals surface area contributed by atoms with Gasteiger partial charge in [-0.3, -0.25) is 0 Å². The summed E-state index contributed by atoms with van der Waals surface area (Å²) in [6.45, 7) is 2.25. The van der Waals surface area contributed by atoms with Gasteiger partial charge in [-0.05, 0) is 36.6 Å². The van der Waals surface area contributed by atoms with E-state index in [9.17, 15) is 9.90 Å². The number of aryl methyl sites for hydroxylation is 1. The van der Waals surface area contributed by atoms with Gasteiger partial charge in [0.25, 0.3) is 0 Å². The molecule has 3 nitrogen and oxygen atoms in total. The van der Waals surface area contributed by atoms with Crippen molar-refractivity contribution < 1.29 is 9.90 Å². The summed E-state index contributed by atoms with van der Waals surface area (Å²) in [5.41, 5.74) is 2.49. The first kappa shape index (κ1) is 20.5. The standard InChI is InChI=1S/C21H35NO2/c1-4-5-6-7-8-9-10-11-12-13-14-18-17-19(22(2)3)15-16-20(18)21(23)24/h15-17H,4-14H2,1-3H3,(H,23,24). The molecule has 136 valence electrons. The fourth-order valence-corrected chi connectivity index (χ4v) is 3.08. The lowest BCUT2D eigenvalue weighted by Gasteiger charge is -2.15. The van der Waals surface area contributed by atoms with E-state index in [2.05, 4.69) is 6.92 Å². The highest BCUT2D eigenvalue weighted by Crippen LogP contribution is 2.21. The van der Waals surface area contributed by atoms with E-state index in [0.717, 1.165) is 24.1 Å². The van der Waals surface area contributed by atoms with Crippen LogP contribution in [0.5, 0.6) is 0 Å². The second-order valence-electron chi connectivity index (χ2n) is 6.97. The molecule has 0 atom stereocenters. The monoisotopic (exact) mass is 333 g/mol. The van der Waals surface area contributed by atoms with Crippen molar-refractivity contribution in [2.24, 2.45) is 0 Å². The van der Waals surface area contributed by atoms with Crippen LogP contribution in [-0.2, 0) is 6.42 Å². The first-order valence-electron chi connectivity index (χ1n) is 9.59. The number of aromatic carboxylic acids is 1. The van der Waals surface area contributed by atoms with Gasteiger partial charge in [0, 0.05) is 19.8 Å². The number of benzene rings is 1. The Bertz CT molecular complexity index is 483. The molecule has 24 heavy (non-hydrogen) atoms. The highest BCUT2D eigenvalue weighted by atomic mass is 16.4. The van der Waals surface area contributed by atoms with Gasteiger partial charge in [-0.15, -0.1) is 0 Å². The van der Waals surface area contributed by atoms with Crippen LogP contribution in [-0.4, -0.2) is 25.2 Å². The molecule has 1 aromatic rings. The lowest BCUT2D eigenvalue weighted by molar-refractivity contribution is 0.0695. The Kier molecular flexibility index (Phi) is 10.2. The molecule has 0 heterocycles. The van der Waals surface area contributed by atoms with Crippen LogP contribution in [0, 0.1) is 0 Å². The quantitative estimate of drug-likeness (QED) is 0.456. The van der Waals surface area contributed by atoms with Gasteiger partial charge >= 0.3 is 5.97 Å². The maximum atomic E-state index is 11.4. The van der Waals surface area contributed by atoms with Gasteiger partial charge in [-0.2, -0.15) is 0 Å². The predicted octanol–water partition coefficient (Wildman–Crippen LogP) is 5.91. The molecule has 1 N–H and O–H groups in total. The third-order valence-corrected chi connectivity index (χ3v) is 4.64. The smallest absolute Gasteiger partial charge is 0.335 e. The van der Waals surface area contributed by atoms with Gasteiger partial charge in [0.15, 0.2) is 0 Å². The molecule has 0 aromatic heterocycles. The number of carbonyl (C=O) groups is 1. The van der Waals surface area contributed by atoms with Gasteiger partial charge < -0.3 is 10.0 Å². The first-order valence-corrected chi connectivity index (χ1v) is 9.59. The molecule has 0 spiro atoms. The minimum Gasteiger partial charge on any atom is -0.478 e. The second kappa shape index (κ2) is 11.9. The Morgan fingerprint density at radius 1 is 0.917 bits per heavy atom. The molecule has 1 aromatic carbocycles. The SMILES string of the molecule is CCCCCCCCCCCCc1cc(N(C)C)ccc1C(=O)O. The lowest BCUT2D eigenvalue weighted by Crippen LogP contribution is -2.11. The van der Waals surface area contributed by atoms with Gasteiger partial charge in [-0.1, -0.05) is 64.7 Å². The summed E-state index contributed by atoms with van der Waals surface area (Å²) >= 11 is 0. The van der Waals surface area contributed by atoms with Gasteiger partial charge in [0.05, 0.1) is 5.56 Å². The number of carboxylic acid groups (broad SMARTS) is 1. The number of rotatable bonds is 13. The van der Waals surface area contributed by atoms with Crippen LogP contribution in [0.2, 0.25) is 0 Å². The van der Waals surface area contributed by atoms with E-state index in [0.29, 0.717) is 5.56 Å². The highest BCUT2D eigenvalue weighted by molar-refractivity contribution is 5.90. The molecule has 0 saturated carbocycles. The third kappa shape index (κ3) is 7.85. The summed E-state index contributed by atoms with van der Waals surface area (Å²) in [7, 11) is 3.97. The summed E-state index contributed by atoms with van der Waals surface area (Å²) in [6.07, 6.45) is 13.9. The molecule has 0 saturated heterocycles. The van der Waals surface area contributed by atoms with Crippen LogP contribution in [0.3, 0.4) is 0 Å². The van der Waals surface area contributed by atoms with Gasteiger partial charge in [0.2, 0.25) is 0 Å². The minimum atomic E-state index is -0.817. The molecular weight excluding hydrogens is 298 g/mol. The Morgan fingerprint density at radius 3 is 1.96 bits per heavy atom. The molecule has 0 fully saturated rings. The van der Waals surface area contributed by atoms with E-state index in [1.807, 2.05) is 31.1 Å². The molecule has 0 amide bonds. The van der Waals surface area contributed by atoms with Crippen molar-refractivity contribution in [3.8, 4) is 0 Å². The predicted molar refractivity (Wildman–Crippen MR) is 103 cm³/mol. The Labute approximate surface area is 148 Å². The van der Waals surface area contributed by atoms with E-state index in [1.54, 1.807) is 6.07 Å². The van der Waals surface area contributed by atoms with Crippen molar-refractivity contribution in [3.05, 3.63) is 29.3 Å². The third-order valence-electron chi connectivity index (χ3n) is 4.64. The van der Waals surface area contributed by atoms with Crippen LogP contribution in [0.4, 0.5) is 5.69 Å². The van der Waals surface area contributed by atoms with Crippen molar-refractivity contribution in [3.63, 3.8) is 0 Å². The second-order valence-corrected chi connectivity index (χ2v) is 6.97. The van der Waals surface area contributed by atoms with Crippen LogP contribution in [0.1, 0.15) is 87.1 Å². The van der Waals surface area contributed by atoms with Crippen molar-refractivity contribution >= 4 is 11.7 Å². The van der Waals surface area contributed by atoms with E-state index >= 15 is 0 Å². The zero-order valence-electron chi connectivity index (χ0n) is 15.8. The molecule has 0 radical (unpaired) electrons. The normalized spacial score (nSPS) is 10.8. The topological polar surface area (TPSA) is 40.5 Å². The molecule has 0 unspecified atom stereocenters. The van der Waals surface area contributed by atoms with Gasteiger partial charge in [0.1, 0.15) is 0 Å². The van der Waals surface area contributed by atoms with E-state index in [-0.39, 0.29) is 0 Å². The summed E-state index contributed by atoms with van der Waals surface area (Å²) in [4.78, 5) is 13.4. The molecular formula is C21H35NO2. The van der Waals surface area contributed by atoms with Crippen molar-refractivity contribution in [2.45, 2.75) is 77.6 Å². The molecule has 0 aliphatic carbocycles. The van der Waals surface area contributed by atoms with E-state index in [4.69, 9.17) is 0 Å². The molecule has 0 aliphatic heterocycles. The highest BCUT2D eigenvalue weighted by Gasteiger charge is 2.11. The fraction of sp³-hybridized carbons (Fsp3) is 0.667. The van der Waals surface area contributed by atoms with Crippen molar-refractivity contribution in [1.82, 2.24) is 0 Å². The molecule has 1 rings (SSSR count). The van der Waals surface area contributed by atoms with E-state index < -0.39 is 5.97 Å². The summed E-state index contributed by atoms with van der Waals surface area (Å²) in [5.74, 6) is -0.817. The van der Waals surface area contributed by atoms with Crippen LogP contribution in [0.15, 0.2) is 18.2 Å². The summed E-state index contributed by atoms with van der Waals surface area (Å²) in [6, 6.07) is 5.64. The molecule has 0 aliphatic rings. The maximum Gasteiger partial charge on any atom is 0.335 e. The number of carboxylic acids is 1. The number of nitrogens with zero attached hydrogens (tertiary/aromatic N) is 1. The van der Waals surface area contributed by atoms with E-state index in [1.165, 1.54) is 57.8 Å². The number of anilines is 1. The van der Waals surface area contributed by atoms with Gasteiger partial charge in [-0.25, -0.2) is 4.79 Å². The maximum absolute atomic E-state index is 11.4. The summed E-state index contributed by atoms with van der Waals surface area (Å²) in [5, 5.41) is 9.34. The van der Waals surface area contributed by atoms with Crippen LogP contribution < -0.4 is 4.90 Å². The number of hydrogen-bond acceptors (Lipinski definition) is 2. The number of hydrogen-bond donors (Lipinski definition) is 1. The van der Waals surface area contributed by atoms with Crippen molar-refractivity contribution in [2.75, 3.05) is 19.0 Å². The molecule has 3 heteroatoms. The number of unbranched alkanes of at least 4 members (excludes halogenated alkanes) is 9. The zero-order chi connectivity index (χ0) is 17.8. The van der Waals surface area contributed by atoms with Crippen LogP contribution in [0.25, 0.3) is 0 Å². The largest absolute Gasteiger partial charge is 0.478 e. The first-order chi connectivity index (χ1) is 11.6. The average Bonchev–Trinajstić information content (AvgIpc) is 2.56. The lowest BCUT2D eigenvalue weighted by atomic mass is 9.99. The Hall–Kier alpha value is -1.51. The summed E-state index contributed by atoms with van der Waals surface area (Å²) < 4.78 is 0. The van der Waals surface area contributed by atoms with Crippen LogP contribution >= 0.6 is 0 Å². The molecule has 0 bridgehead atoms. The Balaban J connectivity index is 2.29. The minimum absolute atomic E-state index is 0.455. The van der Waals surface area contributed by atoms with Crippen molar-refractivity contribution in [1.29, 1.82) is 0 Å². The Morgan fingerprint density at radius 2 is 1.46 bits per heavy atom.